The van der Waals surface area contributed by atoms with E-state index in [0.717, 1.165) is 38.0 Å². The van der Waals surface area contributed by atoms with Crippen molar-refractivity contribution in [3.05, 3.63) is 29.3 Å². The minimum atomic E-state index is -0.168. The van der Waals surface area contributed by atoms with Gasteiger partial charge in [-0.1, -0.05) is 6.07 Å². The molecular formula is C16H19N3O. The number of likely N-dealkylation sites (tertiary alicyclic amines) is 1. The number of hydrogen-bond donors (Lipinski definition) is 0. The van der Waals surface area contributed by atoms with Gasteiger partial charge < -0.3 is 4.74 Å². The normalized spacial score (nSPS) is 18.0. The lowest BCUT2D eigenvalue weighted by atomic mass is 9.82. The maximum absolute atomic E-state index is 9.14. The molecule has 0 radical (unpaired) electrons. The minimum Gasteiger partial charge on any atom is -0.495 e. The molecule has 1 fully saturated rings. The molecule has 0 N–H and O–H groups in total. The molecule has 1 aliphatic heterocycles. The molecule has 1 aliphatic rings. The van der Waals surface area contributed by atoms with Crippen molar-refractivity contribution in [3.8, 4) is 17.9 Å². The fourth-order valence-electron chi connectivity index (χ4n) is 2.50. The van der Waals surface area contributed by atoms with E-state index in [1.165, 1.54) is 0 Å². The fraction of sp³-hybridized carbons (Fsp3) is 0.500. The van der Waals surface area contributed by atoms with Crippen LogP contribution in [0.5, 0.6) is 5.75 Å². The second-order valence-electron chi connectivity index (χ2n) is 5.60. The predicted molar refractivity (Wildman–Crippen MR) is 75.9 cm³/mol. The summed E-state index contributed by atoms with van der Waals surface area (Å²) in [5.41, 5.74) is 1.53. The van der Waals surface area contributed by atoms with E-state index in [1.807, 2.05) is 19.1 Å². The first-order chi connectivity index (χ1) is 9.60. The van der Waals surface area contributed by atoms with Gasteiger partial charge in [0.25, 0.3) is 0 Å². The zero-order valence-electron chi connectivity index (χ0n) is 12.0. The Morgan fingerprint density at radius 1 is 1.30 bits per heavy atom. The summed E-state index contributed by atoms with van der Waals surface area (Å²) in [6.45, 7) is 4.75. The molecule has 104 valence electrons. The van der Waals surface area contributed by atoms with E-state index in [0.29, 0.717) is 11.3 Å². The summed E-state index contributed by atoms with van der Waals surface area (Å²) in [6, 6.07) is 10.2. The Balaban J connectivity index is 2.02. The molecule has 0 atom stereocenters. The van der Waals surface area contributed by atoms with Crippen LogP contribution in [-0.2, 0) is 6.54 Å². The van der Waals surface area contributed by atoms with Gasteiger partial charge in [-0.2, -0.15) is 10.5 Å². The van der Waals surface area contributed by atoms with Crippen LogP contribution in [0.1, 0.15) is 30.9 Å². The summed E-state index contributed by atoms with van der Waals surface area (Å²) in [7, 11) is 1.58. The number of benzene rings is 1. The van der Waals surface area contributed by atoms with Crippen LogP contribution in [0.25, 0.3) is 0 Å². The number of rotatable bonds is 3. The van der Waals surface area contributed by atoms with E-state index in [4.69, 9.17) is 15.3 Å². The maximum atomic E-state index is 9.14. The van der Waals surface area contributed by atoms with E-state index in [2.05, 4.69) is 17.0 Å². The number of methoxy groups -OCH3 is 1. The highest BCUT2D eigenvalue weighted by molar-refractivity contribution is 5.45. The molecule has 1 aromatic rings. The predicted octanol–water partition coefficient (Wildman–Crippen LogP) is 2.69. The third-order valence-corrected chi connectivity index (χ3v) is 4.02. The van der Waals surface area contributed by atoms with Gasteiger partial charge in [-0.25, -0.2) is 0 Å². The molecule has 2 rings (SSSR count). The van der Waals surface area contributed by atoms with Crippen molar-refractivity contribution in [2.24, 2.45) is 5.41 Å². The topological polar surface area (TPSA) is 60.0 Å². The van der Waals surface area contributed by atoms with E-state index in [1.54, 1.807) is 13.2 Å². The molecule has 0 saturated carbocycles. The van der Waals surface area contributed by atoms with Crippen molar-refractivity contribution in [1.82, 2.24) is 4.90 Å². The first kappa shape index (κ1) is 14.4. The lowest BCUT2D eigenvalue weighted by molar-refractivity contribution is 0.150. The second kappa shape index (κ2) is 5.94. The van der Waals surface area contributed by atoms with Crippen molar-refractivity contribution in [3.63, 3.8) is 0 Å². The highest BCUT2D eigenvalue weighted by atomic mass is 16.5. The Kier molecular flexibility index (Phi) is 4.27. The summed E-state index contributed by atoms with van der Waals surface area (Å²) < 4.78 is 5.23. The Morgan fingerprint density at radius 2 is 2.00 bits per heavy atom. The molecule has 4 heteroatoms. The van der Waals surface area contributed by atoms with Crippen LogP contribution in [0.4, 0.5) is 0 Å². The Hall–Kier alpha value is -2.04. The molecular weight excluding hydrogens is 250 g/mol. The summed E-state index contributed by atoms with van der Waals surface area (Å²) >= 11 is 0. The zero-order chi connectivity index (χ0) is 14.6. The molecule has 1 heterocycles. The second-order valence-corrected chi connectivity index (χ2v) is 5.60. The van der Waals surface area contributed by atoms with Crippen LogP contribution >= 0.6 is 0 Å². The lowest BCUT2D eigenvalue weighted by Gasteiger charge is -2.34. The number of nitriles is 2. The molecule has 0 spiro atoms. The third-order valence-electron chi connectivity index (χ3n) is 4.02. The van der Waals surface area contributed by atoms with Crippen molar-refractivity contribution in [2.75, 3.05) is 20.2 Å². The van der Waals surface area contributed by atoms with Crippen LogP contribution in [0.15, 0.2) is 18.2 Å². The summed E-state index contributed by atoms with van der Waals surface area (Å²) in [6.07, 6.45) is 1.83. The molecule has 1 saturated heterocycles. The van der Waals surface area contributed by atoms with Crippen molar-refractivity contribution in [1.29, 1.82) is 10.5 Å². The van der Waals surface area contributed by atoms with Gasteiger partial charge in [0.15, 0.2) is 0 Å². The van der Waals surface area contributed by atoms with E-state index in [-0.39, 0.29) is 5.41 Å². The average Bonchev–Trinajstić information content (AvgIpc) is 2.49. The van der Waals surface area contributed by atoms with Crippen LogP contribution in [0.3, 0.4) is 0 Å². The monoisotopic (exact) mass is 269 g/mol. The molecule has 1 aromatic carbocycles. The van der Waals surface area contributed by atoms with E-state index >= 15 is 0 Å². The Morgan fingerprint density at radius 3 is 2.55 bits per heavy atom. The van der Waals surface area contributed by atoms with Crippen molar-refractivity contribution >= 4 is 0 Å². The van der Waals surface area contributed by atoms with Crippen LogP contribution in [0, 0.1) is 28.1 Å². The van der Waals surface area contributed by atoms with Gasteiger partial charge >= 0.3 is 0 Å². The molecule has 0 aliphatic carbocycles. The van der Waals surface area contributed by atoms with E-state index in [9.17, 15) is 0 Å². The lowest BCUT2D eigenvalue weighted by Crippen LogP contribution is -2.37. The molecule has 0 aromatic heterocycles. The SMILES string of the molecule is COc1cc(CN2CCC(C)(C#N)CC2)ccc1C#N. The van der Waals surface area contributed by atoms with Crippen LogP contribution in [0.2, 0.25) is 0 Å². The van der Waals surface area contributed by atoms with Crippen molar-refractivity contribution < 1.29 is 4.74 Å². The number of ether oxygens (including phenoxy) is 1. The van der Waals surface area contributed by atoms with Crippen LogP contribution < -0.4 is 4.74 Å². The largest absolute Gasteiger partial charge is 0.495 e. The van der Waals surface area contributed by atoms with Crippen LogP contribution in [-0.4, -0.2) is 25.1 Å². The zero-order valence-corrected chi connectivity index (χ0v) is 12.0. The molecule has 0 amide bonds. The van der Waals surface area contributed by atoms with Gasteiger partial charge in [0.1, 0.15) is 11.8 Å². The summed E-state index contributed by atoms with van der Waals surface area (Å²) in [5.74, 6) is 0.629. The van der Waals surface area contributed by atoms with Gasteiger partial charge in [-0.3, -0.25) is 4.90 Å². The molecule has 0 unspecified atom stereocenters. The highest BCUT2D eigenvalue weighted by Crippen LogP contribution is 2.30. The average molecular weight is 269 g/mol. The smallest absolute Gasteiger partial charge is 0.136 e. The van der Waals surface area contributed by atoms with Crippen molar-refractivity contribution in [2.45, 2.75) is 26.3 Å². The maximum Gasteiger partial charge on any atom is 0.136 e. The fourth-order valence-corrected chi connectivity index (χ4v) is 2.50. The number of hydrogen-bond acceptors (Lipinski definition) is 4. The third kappa shape index (κ3) is 3.10. The first-order valence-corrected chi connectivity index (χ1v) is 6.81. The minimum absolute atomic E-state index is 0.168. The number of piperidine rings is 1. The van der Waals surface area contributed by atoms with Gasteiger partial charge in [-0.15, -0.1) is 0 Å². The van der Waals surface area contributed by atoms with Gasteiger partial charge in [-0.05, 0) is 50.6 Å². The first-order valence-electron chi connectivity index (χ1n) is 6.81. The van der Waals surface area contributed by atoms with Gasteiger partial charge in [0.2, 0.25) is 0 Å². The molecule has 0 bridgehead atoms. The van der Waals surface area contributed by atoms with Gasteiger partial charge in [0, 0.05) is 6.54 Å². The highest BCUT2D eigenvalue weighted by Gasteiger charge is 2.29. The quantitative estimate of drug-likeness (QED) is 0.846. The Labute approximate surface area is 120 Å². The molecule has 4 nitrogen and oxygen atoms in total. The van der Waals surface area contributed by atoms with E-state index < -0.39 is 0 Å². The standard InChI is InChI=1S/C16H19N3O/c1-16(12-18)5-7-19(8-6-16)11-13-3-4-14(10-17)15(9-13)20-2/h3-4,9H,5-8,11H2,1-2H3. The number of nitrogens with zero attached hydrogens (tertiary/aromatic N) is 3. The summed E-state index contributed by atoms with van der Waals surface area (Å²) in [4.78, 5) is 2.35. The van der Waals surface area contributed by atoms with Gasteiger partial charge in [0.05, 0.1) is 24.2 Å². The molecule has 20 heavy (non-hydrogen) atoms. The summed E-state index contributed by atoms with van der Waals surface area (Å²) in [5, 5.41) is 18.1. The Bertz CT molecular complexity index is 560.